The molecular weight excluding hydrogens is 258 g/mol. The lowest BCUT2D eigenvalue weighted by molar-refractivity contribution is -0.126. The molecule has 0 saturated carbocycles. The molecule has 0 aromatic heterocycles. The minimum absolute atomic E-state index is 0.0535. The van der Waals surface area contributed by atoms with Crippen molar-refractivity contribution in [1.82, 2.24) is 5.32 Å². The van der Waals surface area contributed by atoms with Crippen LogP contribution in [-0.2, 0) is 20.8 Å². The number of hydrogen-bond acceptors (Lipinski definition) is 4. The van der Waals surface area contributed by atoms with E-state index in [0.29, 0.717) is 19.8 Å². The maximum Gasteiger partial charge on any atom is 0.246 e. The Kier molecular flexibility index (Phi) is 7.69. The molecule has 0 heterocycles. The van der Waals surface area contributed by atoms with Crippen LogP contribution in [0.1, 0.15) is 19.4 Å². The standard InChI is InChI=1S/C15H23NO4/c1-12(2)20-14-6-4-13(5-7-14)10-16-15(17)11-19-9-8-18-3/h4-7,12H,8-11H2,1-3H3,(H,16,17). The molecule has 0 unspecified atom stereocenters. The first kappa shape index (κ1) is 16.5. The average molecular weight is 281 g/mol. The number of rotatable bonds is 9. The van der Waals surface area contributed by atoms with Gasteiger partial charge in [-0.05, 0) is 31.5 Å². The molecule has 1 aromatic carbocycles. The van der Waals surface area contributed by atoms with Crippen LogP contribution in [0.15, 0.2) is 24.3 Å². The molecule has 0 fully saturated rings. The molecule has 0 bridgehead atoms. The Labute approximate surface area is 120 Å². The predicted molar refractivity (Wildman–Crippen MR) is 76.7 cm³/mol. The molecule has 0 atom stereocenters. The Bertz CT molecular complexity index is 389. The summed E-state index contributed by atoms with van der Waals surface area (Å²) in [6.45, 7) is 5.41. The quantitative estimate of drug-likeness (QED) is 0.701. The molecule has 5 nitrogen and oxygen atoms in total. The molecule has 0 radical (unpaired) electrons. The molecule has 0 aliphatic heterocycles. The third-order valence-electron chi connectivity index (χ3n) is 2.45. The SMILES string of the molecule is COCCOCC(=O)NCc1ccc(OC(C)C)cc1. The second kappa shape index (κ2) is 9.34. The molecular formula is C15H23NO4. The van der Waals surface area contributed by atoms with E-state index in [1.54, 1.807) is 7.11 Å². The Balaban J connectivity index is 2.25. The summed E-state index contributed by atoms with van der Waals surface area (Å²) in [5.74, 6) is 0.696. The third kappa shape index (κ3) is 7.11. The van der Waals surface area contributed by atoms with Crippen LogP contribution in [0.25, 0.3) is 0 Å². The smallest absolute Gasteiger partial charge is 0.246 e. The van der Waals surface area contributed by atoms with Crippen molar-refractivity contribution in [3.63, 3.8) is 0 Å². The predicted octanol–water partition coefficient (Wildman–Crippen LogP) is 1.75. The van der Waals surface area contributed by atoms with Crippen LogP contribution >= 0.6 is 0 Å². The van der Waals surface area contributed by atoms with Gasteiger partial charge < -0.3 is 19.5 Å². The van der Waals surface area contributed by atoms with E-state index in [0.717, 1.165) is 11.3 Å². The second-order valence-electron chi connectivity index (χ2n) is 4.63. The van der Waals surface area contributed by atoms with E-state index in [2.05, 4.69) is 5.32 Å². The van der Waals surface area contributed by atoms with E-state index in [-0.39, 0.29) is 18.6 Å². The Morgan fingerprint density at radius 2 is 1.90 bits per heavy atom. The summed E-state index contributed by atoms with van der Waals surface area (Å²) in [6.07, 6.45) is 0.157. The van der Waals surface area contributed by atoms with Crippen molar-refractivity contribution in [2.75, 3.05) is 26.9 Å². The van der Waals surface area contributed by atoms with Crippen LogP contribution in [0.5, 0.6) is 5.75 Å². The number of hydrogen-bond donors (Lipinski definition) is 1. The second-order valence-corrected chi connectivity index (χ2v) is 4.63. The summed E-state index contributed by atoms with van der Waals surface area (Å²) in [7, 11) is 1.59. The van der Waals surface area contributed by atoms with Gasteiger partial charge in [-0.3, -0.25) is 4.79 Å². The number of methoxy groups -OCH3 is 1. The first-order valence-electron chi connectivity index (χ1n) is 6.70. The van der Waals surface area contributed by atoms with Crippen molar-refractivity contribution < 1.29 is 19.0 Å². The van der Waals surface area contributed by atoms with Gasteiger partial charge in [-0.1, -0.05) is 12.1 Å². The highest BCUT2D eigenvalue weighted by Crippen LogP contribution is 2.13. The molecule has 1 rings (SSSR count). The zero-order chi connectivity index (χ0) is 14.8. The van der Waals surface area contributed by atoms with Gasteiger partial charge in [0.05, 0.1) is 19.3 Å². The van der Waals surface area contributed by atoms with Crippen molar-refractivity contribution in [2.45, 2.75) is 26.5 Å². The van der Waals surface area contributed by atoms with E-state index >= 15 is 0 Å². The van der Waals surface area contributed by atoms with E-state index < -0.39 is 0 Å². The van der Waals surface area contributed by atoms with Crippen LogP contribution in [0.3, 0.4) is 0 Å². The van der Waals surface area contributed by atoms with E-state index in [1.807, 2.05) is 38.1 Å². The Morgan fingerprint density at radius 1 is 1.20 bits per heavy atom. The molecule has 112 valence electrons. The van der Waals surface area contributed by atoms with E-state index in [4.69, 9.17) is 14.2 Å². The zero-order valence-electron chi connectivity index (χ0n) is 12.3. The van der Waals surface area contributed by atoms with Gasteiger partial charge in [0.15, 0.2) is 0 Å². The number of ether oxygens (including phenoxy) is 3. The van der Waals surface area contributed by atoms with Gasteiger partial charge in [0.25, 0.3) is 0 Å². The minimum atomic E-state index is -0.136. The van der Waals surface area contributed by atoms with Crippen LogP contribution in [0.2, 0.25) is 0 Å². The molecule has 1 aromatic rings. The van der Waals surface area contributed by atoms with Gasteiger partial charge in [-0.15, -0.1) is 0 Å². The maximum absolute atomic E-state index is 11.5. The lowest BCUT2D eigenvalue weighted by atomic mass is 10.2. The molecule has 5 heteroatoms. The Hall–Kier alpha value is -1.59. The number of nitrogens with one attached hydrogen (secondary N) is 1. The van der Waals surface area contributed by atoms with Crippen molar-refractivity contribution in [1.29, 1.82) is 0 Å². The fourth-order valence-electron chi connectivity index (χ4n) is 1.52. The normalized spacial score (nSPS) is 10.6. The molecule has 0 saturated heterocycles. The van der Waals surface area contributed by atoms with E-state index in [1.165, 1.54) is 0 Å². The fraction of sp³-hybridized carbons (Fsp3) is 0.533. The monoisotopic (exact) mass is 281 g/mol. The summed E-state index contributed by atoms with van der Waals surface area (Å²) in [6, 6.07) is 7.67. The van der Waals surface area contributed by atoms with Crippen molar-refractivity contribution in [3.8, 4) is 5.75 Å². The van der Waals surface area contributed by atoms with Crippen molar-refractivity contribution >= 4 is 5.91 Å². The summed E-state index contributed by atoms with van der Waals surface area (Å²) in [5, 5.41) is 2.79. The first-order valence-corrected chi connectivity index (χ1v) is 6.70. The number of carbonyl (C=O) groups excluding carboxylic acids is 1. The molecule has 0 aliphatic carbocycles. The maximum atomic E-state index is 11.5. The molecule has 0 spiro atoms. The number of amides is 1. The highest BCUT2D eigenvalue weighted by molar-refractivity contribution is 5.77. The van der Waals surface area contributed by atoms with Crippen molar-refractivity contribution in [2.24, 2.45) is 0 Å². The first-order chi connectivity index (χ1) is 9.61. The zero-order valence-corrected chi connectivity index (χ0v) is 12.3. The summed E-state index contributed by atoms with van der Waals surface area (Å²) >= 11 is 0. The van der Waals surface area contributed by atoms with Gasteiger partial charge in [-0.25, -0.2) is 0 Å². The largest absolute Gasteiger partial charge is 0.491 e. The summed E-state index contributed by atoms with van der Waals surface area (Å²) in [5.41, 5.74) is 1.02. The fourth-order valence-corrected chi connectivity index (χ4v) is 1.52. The average Bonchev–Trinajstić information content (AvgIpc) is 2.42. The molecule has 0 aliphatic rings. The molecule has 1 amide bonds. The lowest BCUT2D eigenvalue weighted by Gasteiger charge is -2.10. The van der Waals surface area contributed by atoms with Crippen molar-refractivity contribution in [3.05, 3.63) is 29.8 Å². The summed E-state index contributed by atoms with van der Waals surface area (Å²) in [4.78, 5) is 11.5. The topological polar surface area (TPSA) is 56.8 Å². The summed E-state index contributed by atoms with van der Waals surface area (Å²) < 4.78 is 15.5. The van der Waals surface area contributed by atoms with Crippen LogP contribution < -0.4 is 10.1 Å². The highest BCUT2D eigenvalue weighted by Gasteiger charge is 2.02. The third-order valence-corrected chi connectivity index (χ3v) is 2.45. The van der Waals surface area contributed by atoms with Gasteiger partial charge in [-0.2, -0.15) is 0 Å². The minimum Gasteiger partial charge on any atom is -0.491 e. The van der Waals surface area contributed by atoms with Gasteiger partial charge >= 0.3 is 0 Å². The van der Waals surface area contributed by atoms with E-state index in [9.17, 15) is 4.79 Å². The van der Waals surface area contributed by atoms with Crippen LogP contribution in [0, 0.1) is 0 Å². The van der Waals surface area contributed by atoms with Gasteiger partial charge in [0, 0.05) is 13.7 Å². The highest BCUT2D eigenvalue weighted by atomic mass is 16.5. The molecule has 1 N–H and O–H groups in total. The number of benzene rings is 1. The lowest BCUT2D eigenvalue weighted by Crippen LogP contribution is -2.27. The van der Waals surface area contributed by atoms with Crippen LogP contribution in [0.4, 0.5) is 0 Å². The van der Waals surface area contributed by atoms with Gasteiger partial charge in [0.1, 0.15) is 12.4 Å². The van der Waals surface area contributed by atoms with Crippen LogP contribution in [-0.4, -0.2) is 38.9 Å². The Morgan fingerprint density at radius 3 is 2.50 bits per heavy atom. The number of carbonyl (C=O) groups is 1. The molecule has 20 heavy (non-hydrogen) atoms. The van der Waals surface area contributed by atoms with Gasteiger partial charge in [0.2, 0.25) is 5.91 Å².